The van der Waals surface area contributed by atoms with Gasteiger partial charge in [-0.3, -0.25) is 4.79 Å². The van der Waals surface area contributed by atoms with Crippen LogP contribution >= 0.6 is 0 Å². The molecule has 6 saturated carbocycles. The molecule has 0 unspecified atom stereocenters. The minimum Gasteiger partial charge on any atom is -0.447 e. The first kappa shape index (κ1) is 33.7. The molecule has 8 fully saturated rings. The third-order valence-corrected chi connectivity index (χ3v) is 16.4. The van der Waals surface area contributed by atoms with Crippen molar-refractivity contribution >= 4 is 12.0 Å². The van der Waals surface area contributed by atoms with Gasteiger partial charge in [-0.2, -0.15) is 0 Å². The fourth-order valence-corrected chi connectivity index (χ4v) is 13.8. The van der Waals surface area contributed by atoms with Crippen LogP contribution in [0.25, 0.3) is 0 Å². The highest BCUT2D eigenvalue weighted by Crippen LogP contribution is 2.89. The van der Waals surface area contributed by atoms with Gasteiger partial charge in [-0.1, -0.05) is 34.6 Å². The number of aliphatic hydroxyl groups is 1. The van der Waals surface area contributed by atoms with Crippen LogP contribution in [0.1, 0.15) is 105 Å². The molecule has 8 rings (SSSR count). The monoisotopic (exact) mass is 670 g/mol. The lowest BCUT2D eigenvalue weighted by Gasteiger charge is -2.64. The van der Waals surface area contributed by atoms with E-state index in [1.54, 1.807) is 14.1 Å². The summed E-state index contributed by atoms with van der Waals surface area (Å²) in [6.07, 6.45) is 10.6. The Morgan fingerprint density at radius 1 is 0.979 bits per heavy atom. The molecule has 9 heteroatoms. The summed E-state index contributed by atoms with van der Waals surface area (Å²) < 4.78 is 25.3. The Labute approximate surface area is 288 Å². The lowest BCUT2D eigenvalue weighted by Crippen LogP contribution is -2.60. The predicted molar refractivity (Wildman–Crippen MR) is 180 cm³/mol. The molecule has 270 valence electrons. The van der Waals surface area contributed by atoms with Crippen molar-refractivity contribution in [1.29, 1.82) is 0 Å². The standard InChI is InChI=1S/C39H62N2O7/c1-23-18-25(21-46-34(44)40(6)7)47-32-31(23)36(4)14-15-39-22-38(39)13-12-28(35(2,3)26(38)10-11-27(39)37(36,5)33(32)43)48-30-20-41(16-17-45-30)29(42)19-24-8-9-24/h23-28,30-33,43H,8-22H2,1-7H3/t23-,25-,26+,27+,28+,30+,31+,32+,33+,36-,37-,38-,39+/m1/s1. The second-order valence-electron chi connectivity index (χ2n) is 19.0. The van der Waals surface area contributed by atoms with Crippen molar-refractivity contribution in [2.24, 2.45) is 56.7 Å². The summed E-state index contributed by atoms with van der Waals surface area (Å²) in [6.45, 7) is 14.2. The van der Waals surface area contributed by atoms with E-state index < -0.39 is 6.10 Å². The van der Waals surface area contributed by atoms with E-state index in [4.69, 9.17) is 18.9 Å². The highest BCUT2D eigenvalue weighted by atomic mass is 16.7. The normalized spacial score (nSPS) is 50.2. The Bertz CT molecular complexity index is 1300. The van der Waals surface area contributed by atoms with Crippen LogP contribution in [0, 0.1) is 56.7 Å². The van der Waals surface area contributed by atoms with E-state index in [9.17, 15) is 14.7 Å². The van der Waals surface area contributed by atoms with Gasteiger partial charge in [-0.25, -0.2) is 4.79 Å². The van der Waals surface area contributed by atoms with Crippen molar-refractivity contribution in [3.8, 4) is 0 Å². The second kappa shape index (κ2) is 11.3. The number of nitrogens with zero attached hydrogens (tertiary/aromatic N) is 2. The van der Waals surface area contributed by atoms with Crippen molar-refractivity contribution < 1.29 is 33.6 Å². The van der Waals surface area contributed by atoms with E-state index in [-0.39, 0.29) is 64.9 Å². The Balaban J connectivity index is 0.981. The average molecular weight is 671 g/mol. The third kappa shape index (κ3) is 4.67. The molecule has 8 aliphatic rings. The summed E-state index contributed by atoms with van der Waals surface area (Å²) >= 11 is 0. The average Bonchev–Trinajstić information content (AvgIpc) is 3.96. The molecule has 13 atom stereocenters. The number of hydrogen-bond acceptors (Lipinski definition) is 7. The molecular formula is C39H62N2O7. The SMILES string of the molecule is C[C@@H]1C[C@H](COC(=O)N(C)C)O[C@H]2[C@H]1[C@@]1(C)CC[C@@]34C[C@@]35CC[C@H](O[C@H]3CN(C(=O)CC6CC6)CCO3)C(C)(C)[C@@H]5CC[C@H]4[C@]1(C)[C@H]2O. The van der Waals surface area contributed by atoms with E-state index in [2.05, 4.69) is 34.6 Å². The maximum atomic E-state index is 12.9. The maximum Gasteiger partial charge on any atom is 0.409 e. The van der Waals surface area contributed by atoms with Crippen LogP contribution in [0.3, 0.4) is 0 Å². The molecule has 2 aliphatic heterocycles. The number of carbonyl (C=O) groups is 2. The number of ether oxygens (including phenoxy) is 4. The first-order valence-electron chi connectivity index (χ1n) is 19.4. The molecule has 2 amide bonds. The van der Waals surface area contributed by atoms with Crippen LogP contribution in [0.4, 0.5) is 4.79 Å². The molecule has 2 spiro atoms. The molecular weight excluding hydrogens is 608 g/mol. The van der Waals surface area contributed by atoms with E-state index in [1.807, 2.05) is 4.90 Å². The number of amides is 2. The zero-order valence-corrected chi connectivity index (χ0v) is 30.7. The van der Waals surface area contributed by atoms with Gasteiger partial charge in [0.1, 0.15) is 6.61 Å². The molecule has 0 aromatic heterocycles. The lowest BCUT2D eigenvalue weighted by molar-refractivity contribution is -0.248. The Kier molecular flexibility index (Phi) is 7.93. The number of fused-ring (bicyclic) bond motifs is 4. The van der Waals surface area contributed by atoms with Gasteiger partial charge < -0.3 is 33.9 Å². The first-order valence-corrected chi connectivity index (χ1v) is 19.4. The van der Waals surface area contributed by atoms with Gasteiger partial charge in [0.15, 0.2) is 6.29 Å². The van der Waals surface area contributed by atoms with Gasteiger partial charge in [-0.05, 0) is 115 Å². The second-order valence-corrected chi connectivity index (χ2v) is 19.0. The van der Waals surface area contributed by atoms with Crippen LogP contribution < -0.4 is 0 Å². The van der Waals surface area contributed by atoms with Crippen LogP contribution in [0.5, 0.6) is 0 Å². The van der Waals surface area contributed by atoms with E-state index in [0.717, 1.165) is 25.7 Å². The maximum absolute atomic E-state index is 12.9. The summed E-state index contributed by atoms with van der Waals surface area (Å²) in [5, 5.41) is 12.4. The lowest BCUT2D eigenvalue weighted by atomic mass is 9.41. The topological polar surface area (TPSA) is 97.8 Å². The highest BCUT2D eigenvalue weighted by molar-refractivity contribution is 5.76. The van der Waals surface area contributed by atoms with Gasteiger partial charge >= 0.3 is 6.09 Å². The zero-order valence-electron chi connectivity index (χ0n) is 30.7. The smallest absolute Gasteiger partial charge is 0.409 e. The number of aliphatic hydroxyl groups excluding tert-OH is 1. The summed E-state index contributed by atoms with van der Waals surface area (Å²) in [6, 6.07) is 0. The fourth-order valence-electron chi connectivity index (χ4n) is 13.8. The Morgan fingerprint density at radius 3 is 2.44 bits per heavy atom. The molecule has 0 bridgehead atoms. The summed E-state index contributed by atoms with van der Waals surface area (Å²) in [7, 11) is 3.40. The van der Waals surface area contributed by atoms with Gasteiger partial charge in [0.2, 0.25) is 5.91 Å². The minimum atomic E-state index is -0.527. The van der Waals surface area contributed by atoms with Crippen LogP contribution in [0.15, 0.2) is 0 Å². The number of carbonyl (C=O) groups excluding carboxylic acids is 2. The van der Waals surface area contributed by atoms with E-state index >= 15 is 0 Å². The molecule has 0 aromatic carbocycles. The highest BCUT2D eigenvalue weighted by Gasteiger charge is 2.84. The van der Waals surface area contributed by atoms with Crippen LogP contribution in [-0.4, -0.2) is 98.0 Å². The Hall–Kier alpha value is -1.42. The van der Waals surface area contributed by atoms with Crippen molar-refractivity contribution in [2.45, 2.75) is 136 Å². The predicted octanol–water partition coefficient (Wildman–Crippen LogP) is 5.87. The van der Waals surface area contributed by atoms with Gasteiger partial charge in [0.25, 0.3) is 0 Å². The van der Waals surface area contributed by atoms with Crippen molar-refractivity contribution in [3.63, 3.8) is 0 Å². The number of hydrogen-bond donors (Lipinski definition) is 1. The van der Waals surface area contributed by atoms with Gasteiger partial charge in [-0.15, -0.1) is 0 Å². The molecule has 2 saturated heterocycles. The van der Waals surface area contributed by atoms with Gasteiger partial charge in [0, 0.05) is 32.5 Å². The van der Waals surface area contributed by atoms with Crippen molar-refractivity contribution in [2.75, 3.05) is 40.4 Å². The molecule has 1 N–H and O–H groups in total. The van der Waals surface area contributed by atoms with Gasteiger partial charge in [0.05, 0.1) is 37.6 Å². The number of morpholine rings is 1. The fraction of sp³-hybridized carbons (Fsp3) is 0.949. The molecule has 0 radical (unpaired) electrons. The zero-order chi connectivity index (χ0) is 34.0. The van der Waals surface area contributed by atoms with E-state index in [0.29, 0.717) is 61.1 Å². The quantitative estimate of drug-likeness (QED) is 0.378. The summed E-state index contributed by atoms with van der Waals surface area (Å²) in [5.74, 6) is 2.61. The molecule has 9 nitrogen and oxygen atoms in total. The van der Waals surface area contributed by atoms with Crippen molar-refractivity contribution in [1.82, 2.24) is 9.80 Å². The molecule has 6 aliphatic carbocycles. The molecule has 2 heterocycles. The van der Waals surface area contributed by atoms with Crippen LogP contribution in [0.2, 0.25) is 0 Å². The third-order valence-electron chi connectivity index (χ3n) is 16.4. The van der Waals surface area contributed by atoms with E-state index in [1.165, 1.54) is 43.4 Å². The first-order chi connectivity index (χ1) is 22.7. The number of rotatable bonds is 6. The largest absolute Gasteiger partial charge is 0.447 e. The van der Waals surface area contributed by atoms with Crippen LogP contribution in [-0.2, 0) is 23.7 Å². The Morgan fingerprint density at radius 2 is 1.71 bits per heavy atom. The summed E-state index contributed by atoms with van der Waals surface area (Å²) in [4.78, 5) is 28.5. The molecule has 48 heavy (non-hydrogen) atoms. The van der Waals surface area contributed by atoms with Crippen molar-refractivity contribution in [3.05, 3.63) is 0 Å². The molecule has 0 aromatic rings. The summed E-state index contributed by atoms with van der Waals surface area (Å²) in [5.41, 5.74) is 0.382. The minimum absolute atomic E-state index is 0.00524.